The number of hydrogen-bond acceptors (Lipinski definition) is 4. The zero-order valence-corrected chi connectivity index (χ0v) is 12.6. The summed E-state index contributed by atoms with van der Waals surface area (Å²) >= 11 is 0. The Labute approximate surface area is 126 Å². The van der Waals surface area contributed by atoms with E-state index >= 15 is 0 Å². The molecule has 0 aliphatic rings. The van der Waals surface area contributed by atoms with Gasteiger partial charge in [0, 0.05) is 24.9 Å². The number of nitrogens with zero attached hydrogens (tertiary/aromatic N) is 1. The molecule has 0 saturated heterocycles. The van der Waals surface area contributed by atoms with Crippen LogP contribution in [0.25, 0.3) is 0 Å². The summed E-state index contributed by atoms with van der Waals surface area (Å²) in [5.74, 6) is 2.36. The van der Waals surface area contributed by atoms with E-state index < -0.39 is 0 Å². The Morgan fingerprint density at radius 3 is 2.67 bits per heavy atom. The molecule has 112 valence electrons. The fraction of sp³-hybridized carbons (Fsp3) is 0.353. The predicted molar refractivity (Wildman–Crippen MR) is 83.9 cm³/mol. The Balaban J connectivity index is 2.01. The Kier molecular flexibility index (Phi) is 6.03. The van der Waals surface area contributed by atoms with Crippen LogP contribution < -0.4 is 14.8 Å². The smallest absolute Gasteiger partial charge is 0.131 e. The molecular formula is C17H22N2O2. The summed E-state index contributed by atoms with van der Waals surface area (Å²) in [7, 11) is 0. The lowest BCUT2D eigenvalue weighted by Gasteiger charge is -2.09. The minimum absolute atomic E-state index is 0.645. The van der Waals surface area contributed by atoms with Crippen molar-refractivity contribution in [3.05, 3.63) is 48.3 Å². The van der Waals surface area contributed by atoms with Gasteiger partial charge in [-0.3, -0.25) is 4.98 Å². The third kappa shape index (κ3) is 5.08. The topological polar surface area (TPSA) is 43.4 Å². The Morgan fingerprint density at radius 1 is 1.05 bits per heavy atom. The summed E-state index contributed by atoms with van der Waals surface area (Å²) in [5, 5.41) is 3.33. The summed E-state index contributed by atoms with van der Waals surface area (Å²) in [6.45, 7) is 6.50. The quantitative estimate of drug-likeness (QED) is 0.750. The summed E-state index contributed by atoms with van der Waals surface area (Å²) in [6.07, 6.45) is 2.88. The van der Waals surface area contributed by atoms with Crippen LogP contribution in [0.3, 0.4) is 0 Å². The van der Waals surface area contributed by atoms with Crippen LogP contribution >= 0.6 is 0 Å². The molecule has 0 radical (unpaired) electrons. The van der Waals surface area contributed by atoms with Crippen LogP contribution in [0, 0.1) is 0 Å². The summed E-state index contributed by atoms with van der Waals surface area (Å²) in [4.78, 5) is 4.33. The standard InChI is InChI=1S/C17H22N2O2/c1-3-9-18-13-14-11-17(8-10-19-14)21-16-7-5-6-15(12-16)20-4-2/h5-8,10-12,18H,3-4,9,13H2,1-2H3. The number of hydrogen-bond donors (Lipinski definition) is 1. The second-order valence-corrected chi connectivity index (χ2v) is 4.67. The van der Waals surface area contributed by atoms with Crippen molar-refractivity contribution in [2.24, 2.45) is 0 Å². The van der Waals surface area contributed by atoms with Gasteiger partial charge in [0.1, 0.15) is 17.2 Å². The van der Waals surface area contributed by atoms with Gasteiger partial charge in [0.25, 0.3) is 0 Å². The predicted octanol–water partition coefficient (Wildman–Crippen LogP) is 3.77. The highest BCUT2D eigenvalue weighted by molar-refractivity contribution is 5.36. The van der Waals surface area contributed by atoms with E-state index in [0.29, 0.717) is 6.61 Å². The van der Waals surface area contributed by atoms with Crippen LogP contribution in [-0.4, -0.2) is 18.1 Å². The first-order valence-corrected chi connectivity index (χ1v) is 7.38. The number of rotatable bonds is 8. The van der Waals surface area contributed by atoms with Gasteiger partial charge >= 0.3 is 0 Å². The number of nitrogens with one attached hydrogen (secondary N) is 1. The zero-order chi connectivity index (χ0) is 14.9. The first-order valence-electron chi connectivity index (χ1n) is 7.38. The van der Waals surface area contributed by atoms with E-state index in [9.17, 15) is 0 Å². The molecule has 4 nitrogen and oxygen atoms in total. The number of benzene rings is 1. The Hall–Kier alpha value is -2.07. The maximum Gasteiger partial charge on any atom is 0.131 e. The molecule has 1 aromatic carbocycles. The zero-order valence-electron chi connectivity index (χ0n) is 12.6. The third-order valence-corrected chi connectivity index (χ3v) is 2.87. The molecule has 0 aliphatic carbocycles. The fourth-order valence-electron chi connectivity index (χ4n) is 1.94. The first-order chi connectivity index (χ1) is 10.3. The van der Waals surface area contributed by atoms with Gasteiger partial charge in [-0.1, -0.05) is 13.0 Å². The molecule has 0 unspecified atom stereocenters. The number of pyridine rings is 1. The Morgan fingerprint density at radius 2 is 1.86 bits per heavy atom. The van der Waals surface area contributed by atoms with Gasteiger partial charge in [0.05, 0.1) is 12.3 Å². The average molecular weight is 286 g/mol. The molecule has 0 atom stereocenters. The van der Waals surface area contributed by atoms with Crippen LogP contribution in [-0.2, 0) is 6.54 Å². The monoisotopic (exact) mass is 286 g/mol. The van der Waals surface area contributed by atoms with Crippen LogP contribution in [0.1, 0.15) is 26.0 Å². The van der Waals surface area contributed by atoms with Crippen molar-refractivity contribution >= 4 is 0 Å². The van der Waals surface area contributed by atoms with Gasteiger partial charge in [-0.15, -0.1) is 0 Å². The van der Waals surface area contributed by atoms with Gasteiger partial charge < -0.3 is 14.8 Å². The highest BCUT2D eigenvalue weighted by Gasteiger charge is 2.02. The molecule has 0 aliphatic heterocycles. The van der Waals surface area contributed by atoms with Crippen molar-refractivity contribution in [3.8, 4) is 17.2 Å². The molecular weight excluding hydrogens is 264 g/mol. The van der Waals surface area contributed by atoms with Gasteiger partial charge in [0.15, 0.2) is 0 Å². The van der Waals surface area contributed by atoms with Crippen molar-refractivity contribution in [2.75, 3.05) is 13.2 Å². The lowest BCUT2D eigenvalue weighted by molar-refractivity contribution is 0.338. The first kappa shape index (κ1) is 15.3. The lowest BCUT2D eigenvalue weighted by Crippen LogP contribution is -2.14. The minimum atomic E-state index is 0.645. The van der Waals surface area contributed by atoms with Crippen LogP contribution in [0.2, 0.25) is 0 Å². The molecule has 2 rings (SSSR count). The fourth-order valence-corrected chi connectivity index (χ4v) is 1.94. The molecule has 4 heteroatoms. The lowest BCUT2D eigenvalue weighted by atomic mass is 10.3. The largest absolute Gasteiger partial charge is 0.494 e. The van der Waals surface area contributed by atoms with E-state index in [0.717, 1.165) is 42.5 Å². The highest BCUT2D eigenvalue weighted by Crippen LogP contribution is 2.25. The van der Waals surface area contributed by atoms with Crippen molar-refractivity contribution in [1.82, 2.24) is 10.3 Å². The third-order valence-electron chi connectivity index (χ3n) is 2.87. The molecule has 0 fully saturated rings. The normalized spacial score (nSPS) is 10.4. The highest BCUT2D eigenvalue weighted by atomic mass is 16.5. The van der Waals surface area contributed by atoms with Crippen LogP contribution in [0.5, 0.6) is 17.2 Å². The molecule has 0 spiro atoms. The molecule has 21 heavy (non-hydrogen) atoms. The van der Waals surface area contributed by atoms with Crippen LogP contribution in [0.15, 0.2) is 42.6 Å². The molecule has 1 N–H and O–H groups in total. The molecule has 1 aromatic heterocycles. The van der Waals surface area contributed by atoms with E-state index in [1.807, 2.05) is 43.3 Å². The van der Waals surface area contributed by atoms with Gasteiger partial charge in [0.2, 0.25) is 0 Å². The van der Waals surface area contributed by atoms with E-state index in [1.165, 1.54) is 0 Å². The summed E-state index contributed by atoms with van der Waals surface area (Å²) < 4.78 is 11.3. The average Bonchev–Trinajstić information content (AvgIpc) is 2.49. The van der Waals surface area contributed by atoms with Gasteiger partial charge in [-0.25, -0.2) is 0 Å². The maximum atomic E-state index is 5.86. The van der Waals surface area contributed by atoms with E-state index in [1.54, 1.807) is 6.20 Å². The summed E-state index contributed by atoms with van der Waals surface area (Å²) in [5.41, 5.74) is 0.974. The molecule has 1 heterocycles. The SMILES string of the molecule is CCCNCc1cc(Oc2cccc(OCC)c2)ccn1. The van der Waals surface area contributed by atoms with E-state index in [-0.39, 0.29) is 0 Å². The van der Waals surface area contributed by atoms with Crippen LogP contribution in [0.4, 0.5) is 0 Å². The summed E-state index contributed by atoms with van der Waals surface area (Å²) in [6, 6.07) is 11.5. The van der Waals surface area contributed by atoms with Gasteiger partial charge in [-0.2, -0.15) is 0 Å². The minimum Gasteiger partial charge on any atom is -0.494 e. The molecule has 0 saturated carbocycles. The Bertz CT molecular complexity index is 558. The second kappa shape index (κ2) is 8.27. The maximum absolute atomic E-state index is 5.86. The van der Waals surface area contributed by atoms with E-state index in [2.05, 4.69) is 17.2 Å². The number of ether oxygens (including phenoxy) is 2. The van der Waals surface area contributed by atoms with Gasteiger partial charge in [-0.05, 0) is 38.1 Å². The van der Waals surface area contributed by atoms with Crippen molar-refractivity contribution in [2.45, 2.75) is 26.8 Å². The second-order valence-electron chi connectivity index (χ2n) is 4.67. The molecule has 0 bridgehead atoms. The van der Waals surface area contributed by atoms with Crippen molar-refractivity contribution in [1.29, 1.82) is 0 Å². The van der Waals surface area contributed by atoms with Crippen molar-refractivity contribution < 1.29 is 9.47 Å². The van der Waals surface area contributed by atoms with Crippen molar-refractivity contribution in [3.63, 3.8) is 0 Å². The molecule has 0 amide bonds. The molecule has 2 aromatic rings. The van der Waals surface area contributed by atoms with E-state index in [4.69, 9.17) is 9.47 Å². The number of aromatic nitrogens is 1.